The van der Waals surface area contributed by atoms with E-state index in [9.17, 15) is 0 Å². The van der Waals surface area contributed by atoms with Crippen LogP contribution in [0.4, 0.5) is 0 Å². The van der Waals surface area contributed by atoms with Crippen molar-refractivity contribution in [3.8, 4) is 0 Å². The van der Waals surface area contributed by atoms with Gasteiger partial charge in [-0.3, -0.25) is 4.68 Å². The number of aromatic nitrogens is 2. The Morgan fingerprint density at radius 1 is 1.38 bits per heavy atom. The van der Waals surface area contributed by atoms with Crippen LogP contribution >= 0.6 is 11.6 Å². The highest BCUT2D eigenvalue weighted by molar-refractivity contribution is 6.31. The van der Waals surface area contributed by atoms with E-state index in [-0.39, 0.29) is 6.04 Å². The summed E-state index contributed by atoms with van der Waals surface area (Å²) in [6, 6.07) is 0.171. The van der Waals surface area contributed by atoms with Crippen LogP contribution in [0.2, 0.25) is 5.02 Å². The van der Waals surface area contributed by atoms with E-state index in [0.717, 1.165) is 35.8 Å². The van der Waals surface area contributed by atoms with Crippen LogP contribution in [0.1, 0.15) is 64.8 Å². The van der Waals surface area contributed by atoms with Gasteiger partial charge < -0.3 is 5.73 Å². The summed E-state index contributed by atoms with van der Waals surface area (Å²) in [5, 5.41) is 5.45. The van der Waals surface area contributed by atoms with Crippen molar-refractivity contribution >= 4 is 11.6 Å². The fraction of sp³-hybridized carbons (Fsp3) is 0.824. The lowest BCUT2D eigenvalue weighted by Crippen LogP contribution is -2.43. The zero-order valence-electron chi connectivity index (χ0n) is 14.0. The number of hydrogen-bond donors (Lipinski definition) is 1. The summed E-state index contributed by atoms with van der Waals surface area (Å²) in [4.78, 5) is 0. The smallest absolute Gasteiger partial charge is 0.0850 e. The van der Waals surface area contributed by atoms with Crippen molar-refractivity contribution in [1.29, 1.82) is 0 Å². The molecule has 1 fully saturated rings. The van der Waals surface area contributed by atoms with Gasteiger partial charge in [0, 0.05) is 19.0 Å². The molecule has 21 heavy (non-hydrogen) atoms. The average molecular weight is 312 g/mol. The second-order valence-corrected chi connectivity index (χ2v) is 7.46. The Hall–Kier alpha value is -0.540. The Kier molecular flexibility index (Phi) is 5.37. The largest absolute Gasteiger partial charge is 0.327 e. The van der Waals surface area contributed by atoms with Crippen molar-refractivity contribution in [3.63, 3.8) is 0 Å². The van der Waals surface area contributed by atoms with Crippen LogP contribution in [-0.2, 0) is 19.4 Å². The van der Waals surface area contributed by atoms with Crippen LogP contribution in [0, 0.1) is 11.3 Å². The van der Waals surface area contributed by atoms with Crippen LogP contribution < -0.4 is 5.73 Å². The molecule has 0 bridgehead atoms. The first-order valence-corrected chi connectivity index (χ1v) is 8.78. The molecule has 0 spiro atoms. The molecular weight excluding hydrogens is 282 g/mol. The standard InChI is InChI=1S/C17H30ClN3/c1-5-14-16(18)15(21(6-2)20-14)11-13(19)12-9-7-8-10-17(12,3)4/h12-13H,5-11,19H2,1-4H3. The van der Waals surface area contributed by atoms with Crippen LogP contribution in [0.3, 0.4) is 0 Å². The molecule has 120 valence electrons. The van der Waals surface area contributed by atoms with Gasteiger partial charge in [0.15, 0.2) is 0 Å². The zero-order valence-corrected chi connectivity index (χ0v) is 14.7. The third-order valence-corrected chi connectivity index (χ3v) is 5.67. The van der Waals surface area contributed by atoms with E-state index in [1.54, 1.807) is 0 Å². The van der Waals surface area contributed by atoms with Crippen molar-refractivity contribution in [2.75, 3.05) is 0 Å². The highest BCUT2D eigenvalue weighted by Crippen LogP contribution is 2.42. The van der Waals surface area contributed by atoms with Crippen LogP contribution in [-0.4, -0.2) is 15.8 Å². The molecule has 1 aromatic heterocycles. The molecule has 3 nitrogen and oxygen atoms in total. The van der Waals surface area contributed by atoms with Gasteiger partial charge in [-0.1, -0.05) is 45.2 Å². The van der Waals surface area contributed by atoms with Crippen LogP contribution in [0.5, 0.6) is 0 Å². The summed E-state index contributed by atoms with van der Waals surface area (Å²) in [6.07, 6.45) is 6.89. The molecule has 0 radical (unpaired) electrons. The zero-order chi connectivity index (χ0) is 15.6. The summed E-state index contributed by atoms with van der Waals surface area (Å²) in [7, 11) is 0. The normalized spacial score (nSPS) is 23.2. The number of aryl methyl sites for hydroxylation is 2. The predicted molar refractivity (Wildman–Crippen MR) is 89.7 cm³/mol. The van der Waals surface area contributed by atoms with Gasteiger partial charge in [0.25, 0.3) is 0 Å². The Bertz CT molecular complexity index is 479. The molecule has 2 N–H and O–H groups in total. The molecule has 2 unspecified atom stereocenters. The predicted octanol–water partition coefficient (Wildman–Crippen LogP) is 4.21. The molecule has 1 aliphatic rings. The lowest BCUT2D eigenvalue weighted by Gasteiger charge is -2.42. The minimum Gasteiger partial charge on any atom is -0.327 e. The lowest BCUT2D eigenvalue weighted by atomic mass is 9.65. The topological polar surface area (TPSA) is 43.8 Å². The molecule has 4 heteroatoms. The van der Waals surface area contributed by atoms with E-state index in [4.69, 9.17) is 17.3 Å². The van der Waals surface area contributed by atoms with Gasteiger partial charge in [0.05, 0.1) is 16.4 Å². The van der Waals surface area contributed by atoms with Crippen molar-refractivity contribution in [2.24, 2.45) is 17.1 Å². The summed E-state index contributed by atoms with van der Waals surface area (Å²) >= 11 is 6.52. The summed E-state index contributed by atoms with van der Waals surface area (Å²) < 4.78 is 2.04. The second-order valence-electron chi connectivity index (χ2n) is 7.09. The minimum atomic E-state index is 0.171. The van der Waals surface area contributed by atoms with Gasteiger partial charge >= 0.3 is 0 Å². The van der Waals surface area contributed by atoms with Gasteiger partial charge in [-0.25, -0.2) is 0 Å². The maximum absolute atomic E-state index is 6.60. The van der Waals surface area contributed by atoms with E-state index in [0.29, 0.717) is 11.3 Å². The number of halogens is 1. The van der Waals surface area contributed by atoms with E-state index >= 15 is 0 Å². The molecule has 2 rings (SSSR count). The average Bonchev–Trinajstić information content (AvgIpc) is 2.74. The van der Waals surface area contributed by atoms with E-state index in [2.05, 4.69) is 32.8 Å². The van der Waals surface area contributed by atoms with Gasteiger partial charge in [-0.15, -0.1) is 0 Å². The van der Waals surface area contributed by atoms with Gasteiger partial charge in [0.1, 0.15) is 0 Å². The Morgan fingerprint density at radius 3 is 2.67 bits per heavy atom. The fourth-order valence-corrected chi connectivity index (χ4v) is 4.24. The van der Waals surface area contributed by atoms with Crippen molar-refractivity contribution in [3.05, 3.63) is 16.4 Å². The molecule has 1 heterocycles. The highest BCUT2D eigenvalue weighted by atomic mass is 35.5. The molecule has 1 saturated carbocycles. The molecule has 1 aliphatic carbocycles. The molecule has 0 saturated heterocycles. The SMILES string of the molecule is CCc1nn(CC)c(CC(N)C2CCCCC2(C)C)c1Cl. The Balaban J connectivity index is 2.19. The van der Waals surface area contributed by atoms with Crippen molar-refractivity contribution < 1.29 is 0 Å². The van der Waals surface area contributed by atoms with E-state index in [1.165, 1.54) is 25.7 Å². The van der Waals surface area contributed by atoms with Crippen molar-refractivity contribution in [2.45, 2.75) is 78.8 Å². The van der Waals surface area contributed by atoms with Crippen LogP contribution in [0.25, 0.3) is 0 Å². The number of rotatable bonds is 5. The number of nitrogens with two attached hydrogens (primary N) is 1. The van der Waals surface area contributed by atoms with Crippen LogP contribution in [0.15, 0.2) is 0 Å². The quantitative estimate of drug-likeness (QED) is 0.885. The molecule has 0 amide bonds. The Labute approximate surface area is 134 Å². The summed E-state index contributed by atoms with van der Waals surface area (Å²) in [6.45, 7) is 9.81. The first-order chi connectivity index (χ1) is 9.90. The molecular formula is C17H30ClN3. The summed E-state index contributed by atoms with van der Waals surface area (Å²) in [5.41, 5.74) is 9.07. The molecule has 2 atom stereocenters. The van der Waals surface area contributed by atoms with Crippen molar-refractivity contribution in [1.82, 2.24) is 9.78 Å². The maximum Gasteiger partial charge on any atom is 0.0850 e. The fourth-order valence-electron chi connectivity index (χ4n) is 3.89. The van der Waals surface area contributed by atoms with E-state index in [1.807, 2.05) is 4.68 Å². The maximum atomic E-state index is 6.60. The number of hydrogen-bond acceptors (Lipinski definition) is 2. The molecule has 1 aromatic rings. The third kappa shape index (κ3) is 3.45. The second kappa shape index (κ2) is 6.70. The number of nitrogens with zero attached hydrogens (tertiary/aromatic N) is 2. The van der Waals surface area contributed by atoms with Gasteiger partial charge in [0.2, 0.25) is 0 Å². The lowest BCUT2D eigenvalue weighted by molar-refractivity contribution is 0.112. The Morgan fingerprint density at radius 2 is 2.10 bits per heavy atom. The first-order valence-electron chi connectivity index (χ1n) is 8.40. The van der Waals surface area contributed by atoms with E-state index < -0.39 is 0 Å². The van der Waals surface area contributed by atoms with Gasteiger partial charge in [-0.2, -0.15) is 5.10 Å². The molecule has 0 aromatic carbocycles. The molecule has 0 aliphatic heterocycles. The third-order valence-electron chi connectivity index (χ3n) is 5.23. The monoisotopic (exact) mass is 311 g/mol. The first kappa shape index (κ1) is 16.8. The summed E-state index contributed by atoms with van der Waals surface area (Å²) in [5.74, 6) is 0.576. The highest BCUT2D eigenvalue weighted by Gasteiger charge is 2.36. The minimum absolute atomic E-state index is 0.171. The van der Waals surface area contributed by atoms with Gasteiger partial charge in [-0.05, 0) is 37.5 Å².